The third-order valence-corrected chi connectivity index (χ3v) is 2.17. The Kier molecular flexibility index (Phi) is 2.99. The lowest BCUT2D eigenvalue weighted by molar-refractivity contribution is 0.204. The molecule has 0 spiro atoms. The van der Waals surface area contributed by atoms with E-state index in [4.69, 9.17) is 9.15 Å². The zero-order valence-corrected chi connectivity index (χ0v) is 9.14. The fourth-order valence-corrected chi connectivity index (χ4v) is 1.40. The Morgan fingerprint density at radius 2 is 2.24 bits per heavy atom. The highest BCUT2D eigenvalue weighted by Gasteiger charge is 2.08. The van der Waals surface area contributed by atoms with E-state index in [1.54, 1.807) is 0 Å². The normalized spacial score (nSPS) is 12.6. The van der Waals surface area contributed by atoms with E-state index in [0.717, 1.165) is 0 Å². The molecule has 2 aromatic rings. The topological polar surface area (TPSA) is 59.7 Å². The Bertz CT molecular complexity index is 589. The standard InChI is InChI=1S/C12H11FO4/c1-7(13)6-16-11-5-10-8(4-9(11)14)2-3-12(15)17-10/h2-5,7,14H,6H2,1H3. The van der Waals surface area contributed by atoms with Crippen LogP contribution in [0.3, 0.4) is 0 Å². The van der Waals surface area contributed by atoms with Crippen LogP contribution in [0, 0.1) is 0 Å². The maximum Gasteiger partial charge on any atom is 0.336 e. The Labute approximate surface area is 96.2 Å². The predicted molar refractivity (Wildman–Crippen MR) is 60.2 cm³/mol. The molecule has 5 heteroatoms. The molecule has 1 aromatic carbocycles. The average molecular weight is 238 g/mol. The lowest BCUT2D eigenvalue weighted by Crippen LogP contribution is -2.08. The second-order valence-corrected chi connectivity index (χ2v) is 3.70. The first-order chi connectivity index (χ1) is 8.06. The summed E-state index contributed by atoms with van der Waals surface area (Å²) in [5, 5.41) is 10.2. The molecule has 0 bridgehead atoms. The third-order valence-electron chi connectivity index (χ3n) is 2.17. The van der Waals surface area contributed by atoms with E-state index < -0.39 is 11.8 Å². The van der Waals surface area contributed by atoms with Crippen molar-refractivity contribution >= 4 is 11.0 Å². The van der Waals surface area contributed by atoms with Crippen molar-refractivity contribution in [1.29, 1.82) is 0 Å². The zero-order valence-electron chi connectivity index (χ0n) is 9.14. The highest BCUT2D eigenvalue weighted by atomic mass is 19.1. The number of alkyl halides is 1. The van der Waals surface area contributed by atoms with Gasteiger partial charge in [-0.05, 0) is 19.1 Å². The second-order valence-electron chi connectivity index (χ2n) is 3.70. The van der Waals surface area contributed by atoms with Crippen LogP contribution in [0.15, 0.2) is 33.5 Å². The number of hydrogen-bond donors (Lipinski definition) is 1. The Morgan fingerprint density at radius 1 is 1.47 bits per heavy atom. The molecule has 0 amide bonds. The van der Waals surface area contributed by atoms with Crippen molar-refractivity contribution in [3.05, 3.63) is 34.7 Å². The van der Waals surface area contributed by atoms with E-state index >= 15 is 0 Å². The smallest absolute Gasteiger partial charge is 0.336 e. The van der Waals surface area contributed by atoms with E-state index in [1.165, 1.54) is 31.2 Å². The number of aromatic hydroxyl groups is 1. The maximum absolute atomic E-state index is 12.6. The monoisotopic (exact) mass is 238 g/mol. The highest BCUT2D eigenvalue weighted by molar-refractivity contribution is 5.80. The van der Waals surface area contributed by atoms with Crippen LogP contribution in [0.25, 0.3) is 11.0 Å². The van der Waals surface area contributed by atoms with Crippen molar-refractivity contribution in [3.8, 4) is 11.5 Å². The number of benzene rings is 1. The van der Waals surface area contributed by atoms with Gasteiger partial charge in [-0.25, -0.2) is 9.18 Å². The van der Waals surface area contributed by atoms with Crippen LogP contribution < -0.4 is 10.4 Å². The van der Waals surface area contributed by atoms with Gasteiger partial charge in [-0.3, -0.25) is 0 Å². The number of fused-ring (bicyclic) bond motifs is 1. The Balaban J connectivity index is 2.42. The quantitative estimate of drug-likeness (QED) is 0.833. The summed E-state index contributed by atoms with van der Waals surface area (Å²) in [6.45, 7) is 1.17. The first-order valence-corrected chi connectivity index (χ1v) is 5.10. The van der Waals surface area contributed by atoms with E-state index in [9.17, 15) is 14.3 Å². The SMILES string of the molecule is CC(F)COc1cc2oc(=O)ccc2cc1O. The van der Waals surface area contributed by atoms with Gasteiger partial charge in [0.25, 0.3) is 0 Å². The molecule has 1 heterocycles. The van der Waals surface area contributed by atoms with E-state index in [0.29, 0.717) is 5.39 Å². The van der Waals surface area contributed by atoms with Crippen LogP contribution >= 0.6 is 0 Å². The van der Waals surface area contributed by atoms with Crippen molar-refractivity contribution in [1.82, 2.24) is 0 Å². The summed E-state index contributed by atoms with van der Waals surface area (Å²) in [6.07, 6.45) is -1.15. The fourth-order valence-electron chi connectivity index (χ4n) is 1.40. The lowest BCUT2D eigenvalue weighted by Gasteiger charge is -2.09. The van der Waals surface area contributed by atoms with Crippen LogP contribution in [0.2, 0.25) is 0 Å². The average Bonchev–Trinajstić information content (AvgIpc) is 2.26. The van der Waals surface area contributed by atoms with Crippen LogP contribution in [-0.4, -0.2) is 17.9 Å². The van der Waals surface area contributed by atoms with E-state index in [2.05, 4.69) is 0 Å². The fraction of sp³-hybridized carbons (Fsp3) is 0.250. The number of rotatable bonds is 3. The van der Waals surface area contributed by atoms with Crippen molar-refractivity contribution in [2.75, 3.05) is 6.61 Å². The summed E-state index contributed by atoms with van der Waals surface area (Å²) in [5.74, 6) is -0.0247. The summed E-state index contributed by atoms with van der Waals surface area (Å²) in [7, 11) is 0. The largest absolute Gasteiger partial charge is 0.504 e. The minimum atomic E-state index is -1.15. The predicted octanol–water partition coefficient (Wildman–Crippen LogP) is 2.24. The molecule has 0 aliphatic rings. The van der Waals surface area contributed by atoms with E-state index in [-0.39, 0.29) is 23.7 Å². The highest BCUT2D eigenvalue weighted by Crippen LogP contribution is 2.30. The molecule has 2 rings (SSSR count). The van der Waals surface area contributed by atoms with Crippen LogP contribution in [0.1, 0.15) is 6.92 Å². The number of halogens is 1. The Morgan fingerprint density at radius 3 is 2.94 bits per heavy atom. The third kappa shape index (κ3) is 2.55. The van der Waals surface area contributed by atoms with Gasteiger partial charge in [0.2, 0.25) is 0 Å². The first kappa shape index (κ1) is 11.4. The number of phenols is 1. The molecule has 0 aliphatic heterocycles. The minimum absolute atomic E-state index is 0.0938. The molecule has 0 aliphatic carbocycles. The van der Waals surface area contributed by atoms with Crippen LogP contribution in [0.4, 0.5) is 4.39 Å². The zero-order chi connectivity index (χ0) is 12.4. The summed E-state index contributed by atoms with van der Waals surface area (Å²) in [5.41, 5.74) is -0.204. The van der Waals surface area contributed by atoms with Crippen LogP contribution in [0.5, 0.6) is 11.5 Å². The number of phenolic OH excluding ortho intramolecular Hbond substituents is 1. The van der Waals surface area contributed by atoms with Gasteiger partial charge in [-0.1, -0.05) is 0 Å². The molecule has 1 unspecified atom stereocenters. The lowest BCUT2D eigenvalue weighted by atomic mass is 10.2. The molecule has 90 valence electrons. The van der Waals surface area contributed by atoms with E-state index in [1.807, 2.05) is 0 Å². The summed E-state index contributed by atoms with van der Waals surface area (Å²) in [6, 6.07) is 5.55. The van der Waals surface area contributed by atoms with Gasteiger partial charge in [0, 0.05) is 17.5 Å². The van der Waals surface area contributed by atoms with Gasteiger partial charge >= 0.3 is 5.63 Å². The van der Waals surface area contributed by atoms with Gasteiger partial charge in [0.05, 0.1) is 0 Å². The minimum Gasteiger partial charge on any atom is -0.504 e. The summed E-state index contributed by atoms with van der Waals surface area (Å²) < 4.78 is 22.6. The maximum atomic E-state index is 12.6. The molecule has 0 fully saturated rings. The summed E-state index contributed by atoms with van der Waals surface area (Å²) >= 11 is 0. The van der Waals surface area contributed by atoms with Crippen molar-refractivity contribution in [2.45, 2.75) is 13.1 Å². The van der Waals surface area contributed by atoms with Crippen LogP contribution in [-0.2, 0) is 0 Å². The molecular weight excluding hydrogens is 227 g/mol. The van der Waals surface area contributed by atoms with Gasteiger partial charge in [-0.2, -0.15) is 0 Å². The van der Waals surface area contributed by atoms with Gasteiger partial charge < -0.3 is 14.3 Å². The summed E-state index contributed by atoms with van der Waals surface area (Å²) in [4.78, 5) is 11.0. The first-order valence-electron chi connectivity index (χ1n) is 5.10. The number of hydrogen-bond acceptors (Lipinski definition) is 4. The van der Waals surface area contributed by atoms with Gasteiger partial charge in [-0.15, -0.1) is 0 Å². The molecule has 1 aromatic heterocycles. The van der Waals surface area contributed by atoms with Crippen molar-refractivity contribution < 1.29 is 18.7 Å². The molecule has 17 heavy (non-hydrogen) atoms. The van der Waals surface area contributed by atoms with Crippen molar-refractivity contribution in [3.63, 3.8) is 0 Å². The molecule has 0 radical (unpaired) electrons. The molecule has 1 atom stereocenters. The molecule has 0 saturated carbocycles. The Hall–Kier alpha value is -2.04. The number of ether oxygens (including phenoxy) is 1. The molecular formula is C12H11FO4. The second kappa shape index (κ2) is 4.45. The van der Waals surface area contributed by atoms with Gasteiger partial charge in [0.1, 0.15) is 18.4 Å². The molecule has 1 N–H and O–H groups in total. The van der Waals surface area contributed by atoms with Gasteiger partial charge in [0.15, 0.2) is 11.5 Å². The molecule has 0 saturated heterocycles. The molecule has 4 nitrogen and oxygen atoms in total. The van der Waals surface area contributed by atoms with Crippen molar-refractivity contribution in [2.24, 2.45) is 0 Å².